The van der Waals surface area contributed by atoms with E-state index >= 15 is 0 Å². The van der Waals surface area contributed by atoms with Crippen molar-refractivity contribution >= 4 is 24.4 Å². The van der Waals surface area contributed by atoms with Crippen LogP contribution in [0, 0.1) is 0 Å². The predicted molar refractivity (Wildman–Crippen MR) is 83.0 cm³/mol. The van der Waals surface area contributed by atoms with E-state index in [9.17, 15) is 0 Å². The van der Waals surface area contributed by atoms with Crippen LogP contribution in [0.2, 0.25) is 0 Å². The molecular weight excluding hydrogens is 244 g/mol. The minimum absolute atomic E-state index is 0.803. The molecule has 0 spiro atoms. The highest BCUT2D eigenvalue weighted by Crippen LogP contribution is 2.22. The maximum absolute atomic E-state index is 2.30. The highest BCUT2D eigenvalue weighted by atomic mass is 28.3. The lowest BCUT2D eigenvalue weighted by atomic mass is 10.1. The number of fused-ring (bicyclic) bond motifs is 3. The molecule has 1 heterocycles. The van der Waals surface area contributed by atoms with Gasteiger partial charge in [0, 0.05) is 0 Å². The fraction of sp³-hybridized carbons (Fsp3) is 0. The normalized spacial score (nSPS) is 13.1. The van der Waals surface area contributed by atoms with E-state index in [1.165, 1.54) is 26.7 Å². The van der Waals surface area contributed by atoms with Crippen molar-refractivity contribution in [1.29, 1.82) is 0 Å². The van der Waals surface area contributed by atoms with Gasteiger partial charge in [0.15, 0.2) is 8.80 Å². The first kappa shape index (κ1) is 10.8. The zero-order valence-corrected chi connectivity index (χ0v) is 11.5. The van der Waals surface area contributed by atoms with Gasteiger partial charge in [-0.1, -0.05) is 84.0 Å². The second kappa shape index (κ2) is 4.21. The zero-order chi connectivity index (χ0) is 12.7. The van der Waals surface area contributed by atoms with Crippen molar-refractivity contribution in [2.24, 2.45) is 0 Å². The lowest BCUT2D eigenvalue weighted by molar-refractivity contribution is 1.71. The second-order valence-corrected chi connectivity index (χ2v) is 7.24. The standard InChI is InChI=1S/C18H13Si/c1-2-8-14(9-3-1)19-17-12-6-4-10-15(17)16-11-5-7-13-18(16)19/h1-13H. The van der Waals surface area contributed by atoms with Crippen molar-refractivity contribution in [3.8, 4) is 11.1 Å². The summed E-state index contributed by atoms with van der Waals surface area (Å²) in [5.41, 5.74) is 2.85. The van der Waals surface area contributed by atoms with Crippen LogP contribution in [0.1, 0.15) is 0 Å². The van der Waals surface area contributed by atoms with Crippen molar-refractivity contribution < 1.29 is 0 Å². The molecule has 1 heteroatoms. The molecule has 0 atom stereocenters. The molecule has 0 aliphatic carbocycles. The van der Waals surface area contributed by atoms with E-state index in [1.54, 1.807) is 0 Å². The Morgan fingerprint density at radius 3 is 1.53 bits per heavy atom. The van der Waals surface area contributed by atoms with Crippen molar-refractivity contribution in [3.05, 3.63) is 78.9 Å². The van der Waals surface area contributed by atoms with E-state index < -0.39 is 8.80 Å². The molecule has 1 aliphatic heterocycles. The Balaban J connectivity index is 2.02. The van der Waals surface area contributed by atoms with Gasteiger partial charge in [-0.2, -0.15) is 0 Å². The fourth-order valence-electron chi connectivity index (χ4n) is 2.93. The molecule has 89 valence electrons. The van der Waals surface area contributed by atoms with Gasteiger partial charge in [0.1, 0.15) is 0 Å². The van der Waals surface area contributed by atoms with Gasteiger partial charge in [0.2, 0.25) is 0 Å². The van der Waals surface area contributed by atoms with Crippen molar-refractivity contribution in [2.45, 2.75) is 0 Å². The monoisotopic (exact) mass is 257 g/mol. The first-order valence-corrected chi connectivity index (χ1v) is 8.07. The first-order valence-electron chi connectivity index (χ1n) is 6.57. The SMILES string of the molecule is c1ccc([Si]2c3ccccc3-c3ccccc32)cc1. The van der Waals surface area contributed by atoms with Crippen LogP contribution < -0.4 is 15.6 Å². The van der Waals surface area contributed by atoms with Gasteiger partial charge in [0.25, 0.3) is 0 Å². The molecule has 4 rings (SSSR count). The summed E-state index contributed by atoms with van der Waals surface area (Å²) in [6, 6.07) is 28.7. The molecule has 19 heavy (non-hydrogen) atoms. The Labute approximate surface area is 115 Å². The largest absolute Gasteiger partial charge is 0.156 e. The van der Waals surface area contributed by atoms with Gasteiger partial charge in [-0.05, 0) is 21.5 Å². The first-order chi connectivity index (χ1) is 9.45. The van der Waals surface area contributed by atoms with E-state index in [-0.39, 0.29) is 0 Å². The highest BCUT2D eigenvalue weighted by Gasteiger charge is 2.30. The van der Waals surface area contributed by atoms with Gasteiger partial charge in [0.05, 0.1) is 0 Å². The summed E-state index contributed by atoms with van der Waals surface area (Å²) in [5, 5.41) is 4.53. The van der Waals surface area contributed by atoms with Crippen LogP contribution in [0.15, 0.2) is 78.9 Å². The quantitative estimate of drug-likeness (QED) is 0.459. The minimum Gasteiger partial charge on any atom is -0.0624 e. The molecule has 3 aromatic rings. The summed E-state index contributed by atoms with van der Waals surface area (Å²) in [4.78, 5) is 0. The van der Waals surface area contributed by atoms with Crippen LogP contribution in [0.3, 0.4) is 0 Å². The molecule has 0 saturated carbocycles. The molecule has 0 fully saturated rings. The second-order valence-electron chi connectivity index (χ2n) is 4.83. The van der Waals surface area contributed by atoms with Crippen LogP contribution in [-0.2, 0) is 0 Å². The number of rotatable bonds is 1. The van der Waals surface area contributed by atoms with Crippen LogP contribution in [0.4, 0.5) is 0 Å². The van der Waals surface area contributed by atoms with Crippen molar-refractivity contribution in [2.75, 3.05) is 0 Å². The summed E-state index contributed by atoms with van der Waals surface area (Å²) in [5.74, 6) is 0. The molecule has 3 aromatic carbocycles. The van der Waals surface area contributed by atoms with Gasteiger partial charge in [-0.3, -0.25) is 0 Å². The topological polar surface area (TPSA) is 0 Å². The fourth-order valence-corrected chi connectivity index (χ4v) is 5.87. The van der Waals surface area contributed by atoms with Gasteiger partial charge in [-0.15, -0.1) is 0 Å². The van der Waals surface area contributed by atoms with Crippen LogP contribution in [-0.4, -0.2) is 8.80 Å². The number of hydrogen-bond donors (Lipinski definition) is 0. The molecule has 0 N–H and O–H groups in total. The van der Waals surface area contributed by atoms with E-state index in [1.807, 2.05) is 0 Å². The van der Waals surface area contributed by atoms with E-state index in [4.69, 9.17) is 0 Å². The summed E-state index contributed by atoms with van der Waals surface area (Å²) in [6.45, 7) is 0. The Hall–Kier alpha value is -2.12. The molecule has 0 amide bonds. The maximum atomic E-state index is 2.30. The van der Waals surface area contributed by atoms with Crippen LogP contribution in [0.25, 0.3) is 11.1 Å². The van der Waals surface area contributed by atoms with E-state index in [0.717, 1.165) is 0 Å². The van der Waals surface area contributed by atoms with Gasteiger partial charge in [-0.25, -0.2) is 0 Å². The van der Waals surface area contributed by atoms with E-state index in [0.29, 0.717) is 0 Å². The lowest BCUT2D eigenvalue weighted by Gasteiger charge is -2.11. The Morgan fingerprint density at radius 2 is 0.947 bits per heavy atom. The van der Waals surface area contributed by atoms with Crippen LogP contribution in [0.5, 0.6) is 0 Å². The maximum Gasteiger partial charge on any atom is 0.156 e. The predicted octanol–water partition coefficient (Wildman–Crippen LogP) is 2.18. The Morgan fingerprint density at radius 1 is 0.474 bits per heavy atom. The Kier molecular flexibility index (Phi) is 2.39. The molecule has 0 saturated heterocycles. The molecule has 1 radical (unpaired) electrons. The molecule has 0 bridgehead atoms. The number of hydrogen-bond acceptors (Lipinski definition) is 0. The smallest absolute Gasteiger partial charge is 0.0624 e. The Bertz CT molecular complexity index is 686. The molecule has 0 nitrogen and oxygen atoms in total. The third kappa shape index (κ3) is 1.59. The van der Waals surface area contributed by atoms with Gasteiger partial charge < -0.3 is 0 Å². The average Bonchev–Trinajstić information content (AvgIpc) is 2.83. The molecule has 0 aromatic heterocycles. The summed E-state index contributed by atoms with van der Waals surface area (Å²) in [6.07, 6.45) is 0. The van der Waals surface area contributed by atoms with Crippen molar-refractivity contribution in [1.82, 2.24) is 0 Å². The van der Waals surface area contributed by atoms with Crippen molar-refractivity contribution in [3.63, 3.8) is 0 Å². The molecule has 0 unspecified atom stereocenters. The minimum atomic E-state index is -0.803. The highest BCUT2D eigenvalue weighted by molar-refractivity contribution is 6.99. The third-order valence-corrected chi connectivity index (χ3v) is 6.61. The number of benzene rings is 3. The van der Waals surface area contributed by atoms with Crippen LogP contribution >= 0.6 is 0 Å². The van der Waals surface area contributed by atoms with E-state index in [2.05, 4.69) is 78.9 Å². The summed E-state index contributed by atoms with van der Waals surface area (Å²) >= 11 is 0. The third-order valence-electron chi connectivity index (χ3n) is 3.75. The summed E-state index contributed by atoms with van der Waals surface area (Å²) in [7, 11) is -0.803. The lowest BCUT2D eigenvalue weighted by Crippen LogP contribution is -2.48. The zero-order valence-electron chi connectivity index (χ0n) is 10.5. The average molecular weight is 257 g/mol. The molecular formula is C18H13Si. The summed E-state index contributed by atoms with van der Waals surface area (Å²) < 4.78 is 0. The molecule has 1 aliphatic rings. The van der Waals surface area contributed by atoms with Gasteiger partial charge >= 0.3 is 0 Å².